The highest BCUT2D eigenvalue weighted by molar-refractivity contribution is 5.30. The van der Waals surface area contributed by atoms with Crippen LogP contribution in [0.15, 0.2) is 24.3 Å². The van der Waals surface area contributed by atoms with Crippen molar-refractivity contribution in [3.8, 4) is 0 Å². The standard InChI is InChI=1S/C18H28/c1-13(2)18(16-10-7-8-14(3)12-16)17-11-6-5-9-15(17)4/h5-6,9,11,13-14,16,18H,7-8,10,12H2,1-4H3. The largest absolute Gasteiger partial charge is 0.0625 e. The molecule has 0 aromatic heterocycles. The van der Waals surface area contributed by atoms with Crippen LogP contribution in [-0.4, -0.2) is 0 Å². The molecule has 0 spiro atoms. The zero-order valence-electron chi connectivity index (χ0n) is 12.4. The van der Waals surface area contributed by atoms with Gasteiger partial charge in [-0.05, 0) is 54.6 Å². The highest BCUT2D eigenvalue weighted by atomic mass is 14.3. The van der Waals surface area contributed by atoms with Crippen LogP contribution >= 0.6 is 0 Å². The van der Waals surface area contributed by atoms with E-state index in [-0.39, 0.29) is 0 Å². The molecule has 0 aliphatic heterocycles. The van der Waals surface area contributed by atoms with E-state index < -0.39 is 0 Å². The maximum atomic E-state index is 2.43. The smallest absolute Gasteiger partial charge is 0.0108 e. The van der Waals surface area contributed by atoms with E-state index in [4.69, 9.17) is 0 Å². The fourth-order valence-corrected chi connectivity index (χ4v) is 3.93. The Bertz CT molecular complexity index is 377. The minimum Gasteiger partial charge on any atom is -0.0625 e. The van der Waals surface area contributed by atoms with Gasteiger partial charge in [-0.1, -0.05) is 57.9 Å². The predicted molar refractivity (Wildman–Crippen MR) is 79.9 cm³/mol. The van der Waals surface area contributed by atoms with Gasteiger partial charge < -0.3 is 0 Å². The summed E-state index contributed by atoms with van der Waals surface area (Å²) >= 11 is 0. The second-order valence-corrected chi connectivity index (χ2v) is 6.66. The van der Waals surface area contributed by atoms with E-state index in [0.29, 0.717) is 0 Å². The number of aryl methyl sites for hydroxylation is 1. The van der Waals surface area contributed by atoms with Crippen molar-refractivity contribution < 1.29 is 0 Å². The summed E-state index contributed by atoms with van der Waals surface area (Å²) in [5.41, 5.74) is 3.08. The molecule has 1 aliphatic carbocycles. The third-order valence-electron chi connectivity index (χ3n) is 4.75. The van der Waals surface area contributed by atoms with Gasteiger partial charge in [-0.25, -0.2) is 0 Å². The third-order valence-corrected chi connectivity index (χ3v) is 4.75. The Morgan fingerprint density at radius 3 is 2.44 bits per heavy atom. The van der Waals surface area contributed by atoms with Crippen molar-refractivity contribution in [1.29, 1.82) is 0 Å². The van der Waals surface area contributed by atoms with Crippen LogP contribution in [0.4, 0.5) is 0 Å². The van der Waals surface area contributed by atoms with E-state index in [1.165, 1.54) is 31.2 Å². The van der Waals surface area contributed by atoms with Gasteiger partial charge in [0.25, 0.3) is 0 Å². The topological polar surface area (TPSA) is 0 Å². The first-order valence-electron chi connectivity index (χ1n) is 7.65. The lowest BCUT2D eigenvalue weighted by Gasteiger charge is -2.36. The molecule has 1 saturated carbocycles. The van der Waals surface area contributed by atoms with Crippen molar-refractivity contribution in [3.63, 3.8) is 0 Å². The van der Waals surface area contributed by atoms with Crippen LogP contribution in [0.3, 0.4) is 0 Å². The summed E-state index contributed by atoms with van der Waals surface area (Å²) in [4.78, 5) is 0. The SMILES string of the molecule is Cc1ccccc1C(C(C)C)C1CCCC(C)C1. The highest BCUT2D eigenvalue weighted by Gasteiger charge is 2.30. The molecule has 18 heavy (non-hydrogen) atoms. The fourth-order valence-electron chi connectivity index (χ4n) is 3.93. The maximum absolute atomic E-state index is 2.43. The molecule has 0 bridgehead atoms. The number of rotatable bonds is 3. The van der Waals surface area contributed by atoms with Crippen molar-refractivity contribution in [2.75, 3.05) is 0 Å². The van der Waals surface area contributed by atoms with Gasteiger partial charge in [0, 0.05) is 0 Å². The Morgan fingerprint density at radius 1 is 1.11 bits per heavy atom. The van der Waals surface area contributed by atoms with E-state index in [2.05, 4.69) is 52.0 Å². The van der Waals surface area contributed by atoms with Gasteiger partial charge in [-0.15, -0.1) is 0 Å². The summed E-state index contributed by atoms with van der Waals surface area (Å²) in [5.74, 6) is 3.33. The van der Waals surface area contributed by atoms with Crippen molar-refractivity contribution >= 4 is 0 Å². The Kier molecular flexibility index (Phi) is 4.48. The van der Waals surface area contributed by atoms with Gasteiger partial charge in [0.2, 0.25) is 0 Å². The summed E-state index contributed by atoms with van der Waals surface area (Å²) in [6.07, 6.45) is 5.73. The normalized spacial score (nSPS) is 26.3. The van der Waals surface area contributed by atoms with Gasteiger partial charge in [-0.2, -0.15) is 0 Å². The molecule has 0 amide bonds. The highest BCUT2D eigenvalue weighted by Crippen LogP contribution is 2.43. The number of benzene rings is 1. The molecular weight excluding hydrogens is 216 g/mol. The average Bonchev–Trinajstić information content (AvgIpc) is 2.32. The first-order chi connectivity index (χ1) is 8.59. The van der Waals surface area contributed by atoms with Gasteiger partial charge in [0.15, 0.2) is 0 Å². The van der Waals surface area contributed by atoms with Crippen molar-refractivity contribution in [2.24, 2.45) is 17.8 Å². The van der Waals surface area contributed by atoms with Crippen molar-refractivity contribution in [1.82, 2.24) is 0 Å². The maximum Gasteiger partial charge on any atom is -0.0108 e. The van der Waals surface area contributed by atoms with E-state index in [9.17, 15) is 0 Å². The molecule has 1 aromatic carbocycles. The molecule has 0 radical (unpaired) electrons. The third kappa shape index (κ3) is 2.96. The van der Waals surface area contributed by atoms with Crippen LogP contribution in [0.1, 0.15) is 63.5 Å². The van der Waals surface area contributed by atoms with E-state index >= 15 is 0 Å². The average molecular weight is 244 g/mol. The molecule has 0 heteroatoms. The molecule has 100 valence electrons. The van der Waals surface area contributed by atoms with Crippen LogP contribution in [0.25, 0.3) is 0 Å². The minimum atomic E-state index is 0.751. The van der Waals surface area contributed by atoms with E-state index in [0.717, 1.165) is 23.7 Å². The Balaban J connectivity index is 2.26. The van der Waals surface area contributed by atoms with Crippen molar-refractivity contribution in [2.45, 2.75) is 59.3 Å². The molecule has 0 heterocycles. The Labute approximate surface area is 113 Å². The molecule has 2 rings (SSSR count). The molecule has 1 aliphatic rings. The molecule has 0 nitrogen and oxygen atoms in total. The van der Waals surface area contributed by atoms with Crippen LogP contribution in [-0.2, 0) is 0 Å². The summed E-state index contributed by atoms with van der Waals surface area (Å²) in [6, 6.07) is 9.01. The number of hydrogen-bond donors (Lipinski definition) is 0. The molecule has 1 fully saturated rings. The Hall–Kier alpha value is -0.780. The molecule has 3 unspecified atom stereocenters. The second-order valence-electron chi connectivity index (χ2n) is 6.66. The Morgan fingerprint density at radius 2 is 1.83 bits per heavy atom. The predicted octanol–water partition coefficient (Wildman–Crippen LogP) is 5.56. The first kappa shape index (κ1) is 13.6. The zero-order valence-corrected chi connectivity index (χ0v) is 12.4. The monoisotopic (exact) mass is 244 g/mol. The summed E-state index contributed by atoms with van der Waals surface area (Å²) in [5, 5.41) is 0. The van der Waals surface area contributed by atoms with Crippen LogP contribution in [0, 0.1) is 24.7 Å². The van der Waals surface area contributed by atoms with Crippen molar-refractivity contribution in [3.05, 3.63) is 35.4 Å². The van der Waals surface area contributed by atoms with Crippen LogP contribution < -0.4 is 0 Å². The molecule has 0 N–H and O–H groups in total. The molecule has 0 saturated heterocycles. The van der Waals surface area contributed by atoms with Crippen LogP contribution in [0.2, 0.25) is 0 Å². The van der Waals surface area contributed by atoms with E-state index in [1.54, 1.807) is 5.56 Å². The number of hydrogen-bond acceptors (Lipinski definition) is 0. The summed E-state index contributed by atoms with van der Waals surface area (Å²) in [6.45, 7) is 9.51. The minimum absolute atomic E-state index is 0.751. The van der Waals surface area contributed by atoms with Gasteiger partial charge >= 0.3 is 0 Å². The van der Waals surface area contributed by atoms with Crippen LogP contribution in [0.5, 0.6) is 0 Å². The zero-order chi connectivity index (χ0) is 13.1. The molecule has 3 atom stereocenters. The lowest BCUT2D eigenvalue weighted by atomic mass is 9.69. The first-order valence-corrected chi connectivity index (χ1v) is 7.65. The van der Waals surface area contributed by atoms with Gasteiger partial charge in [0.1, 0.15) is 0 Å². The second kappa shape index (κ2) is 5.91. The molecular formula is C18H28. The summed E-state index contributed by atoms with van der Waals surface area (Å²) in [7, 11) is 0. The van der Waals surface area contributed by atoms with Gasteiger partial charge in [0.05, 0.1) is 0 Å². The molecule has 1 aromatic rings. The summed E-state index contributed by atoms with van der Waals surface area (Å²) < 4.78 is 0. The lowest BCUT2D eigenvalue weighted by molar-refractivity contribution is 0.215. The quantitative estimate of drug-likeness (QED) is 0.653. The fraction of sp³-hybridized carbons (Fsp3) is 0.667. The van der Waals surface area contributed by atoms with E-state index in [1.807, 2.05) is 0 Å². The van der Waals surface area contributed by atoms with Gasteiger partial charge in [-0.3, -0.25) is 0 Å². The lowest BCUT2D eigenvalue weighted by Crippen LogP contribution is -2.24.